The number of rotatable bonds is 2. The number of nitrogens with one attached hydrogen (secondary N) is 1. The van der Waals surface area contributed by atoms with E-state index in [1.807, 2.05) is 0 Å². The van der Waals surface area contributed by atoms with Gasteiger partial charge in [-0.15, -0.1) is 0 Å². The van der Waals surface area contributed by atoms with Gasteiger partial charge >= 0.3 is 0 Å². The lowest BCUT2D eigenvalue weighted by molar-refractivity contribution is -0.119. The van der Waals surface area contributed by atoms with Gasteiger partial charge in [-0.3, -0.25) is 9.69 Å². The number of carbonyl (C=O) groups is 1. The van der Waals surface area contributed by atoms with Gasteiger partial charge in [0.1, 0.15) is 0 Å². The largest absolute Gasteiger partial charge is 0.352 e. The second-order valence-corrected chi connectivity index (χ2v) is 7.53. The maximum Gasteiger partial charge on any atom is 0.217 e. The van der Waals surface area contributed by atoms with E-state index in [1.54, 1.807) is 6.92 Å². The molecular weight excluding hydrogens is 262 g/mol. The van der Waals surface area contributed by atoms with E-state index in [1.165, 1.54) is 58.0 Å². The highest BCUT2D eigenvalue weighted by atomic mass is 16.1. The minimum absolute atomic E-state index is 0.116. The van der Waals surface area contributed by atoms with Gasteiger partial charge in [0.15, 0.2) is 0 Å². The number of piperidine rings is 1. The van der Waals surface area contributed by atoms with Crippen LogP contribution < -0.4 is 5.32 Å². The van der Waals surface area contributed by atoms with Crippen molar-refractivity contribution < 1.29 is 4.79 Å². The minimum Gasteiger partial charge on any atom is -0.352 e. The number of carbonyl (C=O) groups excluding carboxylic acids is 1. The Morgan fingerprint density at radius 1 is 1.14 bits per heavy atom. The summed E-state index contributed by atoms with van der Waals surface area (Å²) in [5, 5.41) is 3.12. The molecule has 2 saturated heterocycles. The average molecular weight is 293 g/mol. The van der Waals surface area contributed by atoms with Crippen molar-refractivity contribution in [3.8, 4) is 0 Å². The van der Waals surface area contributed by atoms with Gasteiger partial charge in [-0.1, -0.05) is 19.3 Å². The number of amides is 1. The van der Waals surface area contributed by atoms with Gasteiger partial charge in [-0.25, -0.2) is 0 Å². The lowest BCUT2D eigenvalue weighted by Gasteiger charge is -2.46. The first-order chi connectivity index (χ1) is 10.1. The van der Waals surface area contributed by atoms with Crippen LogP contribution in [0.1, 0.15) is 58.3 Å². The van der Waals surface area contributed by atoms with E-state index in [-0.39, 0.29) is 5.91 Å². The van der Waals surface area contributed by atoms with Crippen LogP contribution in [0.5, 0.6) is 0 Å². The molecule has 3 aliphatic rings. The Bertz CT molecular complexity index is 370. The van der Waals surface area contributed by atoms with E-state index in [4.69, 9.17) is 0 Å². The predicted octanol–water partition coefficient (Wildman–Crippen LogP) is 1.99. The maximum atomic E-state index is 11.3. The highest BCUT2D eigenvalue weighted by molar-refractivity contribution is 5.73. The highest BCUT2D eigenvalue weighted by Crippen LogP contribution is 2.38. The van der Waals surface area contributed by atoms with E-state index in [9.17, 15) is 4.79 Å². The van der Waals surface area contributed by atoms with E-state index >= 15 is 0 Å². The van der Waals surface area contributed by atoms with Crippen molar-refractivity contribution >= 4 is 5.91 Å². The van der Waals surface area contributed by atoms with Crippen LogP contribution in [-0.4, -0.2) is 60.0 Å². The van der Waals surface area contributed by atoms with Crippen molar-refractivity contribution in [2.24, 2.45) is 0 Å². The fraction of sp³-hybridized carbons (Fsp3) is 0.941. The first-order valence-corrected chi connectivity index (χ1v) is 8.81. The average Bonchev–Trinajstić information content (AvgIpc) is 2.75. The Morgan fingerprint density at radius 3 is 2.43 bits per heavy atom. The molecule has 1 saturated carbocycles. The van der Waals surface area contributed by atoms with Crippen LogP contribution in [0.15, 0.2) is 0 Å². The Labute approximate surface area is 129 Å². The molecule has 2 heterocycles. The molecule has 4 heteroatoms. The topological polar surface area (TPSA) is 35.6 Å². The van der Waals surface area contributed by atoms with E-state index in [0.717, 1.165) is 19.0 Å². The summed E-state index contributed by atoms with van der Waals surface area (Å²) in [6.07, 6.45) is 10.8. The summed E-state index contributed by atoms with van der Waals surface area (Å²) in [6.45, 7) is 5.16. The molecule has 1 unspecified atom stereocenters. The molecule has 1 atom stereocenters. The third-order valence-corrected chi connectivity index (χ3v) is 6.16. The van der Waals surface area contributed by atoms with Crippen molar-refractivity contribution in [3.05, 3.63) is 0 Å². The molecule has 1 N–H and O–H groups in total. The quantitative estimate of drug-likeness (QED) is 0.846. The standard InChI is InChI=1S/C17H31N3O/c1-14(21)18-15-12-17(19(2)13-15)8-10-20(11-9-17)16-6-4-3-5-7-16/h15-16H,3-13H2,1-2H3,(H,18,21). The van der Waals surface area contributed by atoms with Crippen molar-refractivity contribution in [3.63, 3.8) is 0 Å². The van der Waals surface area contributed by atoms with Gasteiger partial charge in [0, 0.05) is 44.2 Å². The Morgan fingerprint density at radius 2 is 1.81 bits per heavy atom. The Kier molecular flexibility index (Phi) is 4.55. The van der Waals surface area contributed by atoms with E-state index < -0.39 is 0 Å². The third kappa shape index (κ3) is 3.26. The molecule has 1 aliphatic carbocycles. The zero-order chi connectivity index (χ0) is 14.9. The predicted molar refractivity (Wildman–Crippen MR) is 85.3 cm³/mol. The van der Waals surface area contributed by atoms with Crippen molar-refractivity contribution in [2.75, 3.05) is 26.7 Å². The second kappa shape index (κ2) is 6.25. The molecule has 0 bridgehead atoms. The van der Waals surface area contributed by atoms with Gasteiger partial charge in [-0.2, -0.15) is 0 Å². The van der Waals surface area contributed by atoms with Crippen LogP contribution in [0.25, 0.3) is 0 Å². The van der Waals surface area contributed by atoms with Crippen molar-refractivity contribution in [2.45, 2.75) is 75.9 Å². The third-order valence-electron chi connectivity index (χ3n) is 6.16. The molecule has 1 spiro atoms. The summed E-state index contributed by atoms with van der Waals surface area (Å²) in [6, 6.07) is 1.21. The minimum atomic E-state index is 0.116. The summed E-state index contributed by atoms with van der Waals surface area (Å²) in [5.41, 5.74) is 0.346. The van der Waals surface area contributed by atoms with Crippen LogP contribution in [0, 0.1) is 0 Å². The molecular formula is C17H31N3O. The van der Waals surface area contributed by atoms with Gasteiger partial charge in [0.05, 0.1) is 0 Å². The van der Waals surface area contributed by atoms with Gasteiger partial charge < -0.3 is 10.2 Å². The summed E-state index contributed by atoms with van der Waals surface area (Å²) < 4.78 is 0. The summed E-state index contributed by atoms with van der Waals surface area (Å²) in [7, 11) is 2.25. The van der Waals surface area contributed by atoms with Crippen LogP contribution in [-0.2, 0) is 4.79 Å². The molecule has 0 aromatic rings. The smallest absolute Gasteiger partial charge is 0.217 e. The Balaban J connectivity index is 1.55. The molecule has 4 nitrogen and oxygen atoms in total. The maximum absolute atomic E-state index is 11.3. The van der Waals surface area contributed by atoms with E-state index in [0.29, 0.717) is 11.6 Å². The molecule has 1 amide bonds. The van der Waals surface area contributed by atoms with Crippen molar-refractivity contribution in [1.29, 1.82) is 0 Å². The van der Waals surface area contributed by atoms with Crippen LogP contribution in [0.3, 0.4) is 0 Å². The molecule has 0 aromatic heterocycles. The molecule has 21 heavy (non-hydrogen) atoms. The highest BCUT2D eigenvalue weighted by Gasteiger charge is 2.46. The summed E-state index contributed by atoms with van der Waals surface area (Å²) in [5.74, 6) is 0.116. The van der Waals surface area contributed by atoms with Crippen LogP contribution in [0.4, 0.5) is 0 Å². The summed E-state index contributed by atoms with van der Waals surface area (Å²) >= 11 is 0. The molecule has 0 radical (unpaired) electrons. The number of likely N-dealkylation sites (N-methyl/N-ethyl adjacent to an activating group) is 1. The molecule has 0 aromatic carbocycles. The van der Waals surface area contributed by atoms with Crippen LogP contribution in [0.2, 0.25) is 0 Å². The van der Waals surface area contributed by atoms with E-state index in [2.05, 4.69) is 22.2 Å². The monoisotopic (exact) mass is 293 g/mol. The van der Waals surface area contributed by atoms with Gasteiger partial charge in [0.25, 0.3) is 0 Å². The number of hydrogen-bond donors (Lipinski definition) is 1. The number of nitrogens with zero attached hydrogens (tertiary/aromatic N) is 2. The fourth-order valence-corrected chi connectivity index (χ4v) is 4.92. The lowest BCUT2D eigenvalue weighted by Crippen LogP contribution is -2.53. The fourth-order valence-electron chi connectivity index (χ4n) is 4.92. The molecule has 120 valence electrons. The molecule has 3 rings (SSSR count). The first-order valence-electron chi connectivity index (χ1n) is 8.81. The number of hydrogen-bond acceptors (Lipinski definition) is 3. The van der Waals surface area contributed by atoms with Gasteiger partial charge in [-0.05, 0) is 39.2 Å². The zero-order valence-corrected chi connectivity index (χ0v) is 13.7. The Hall–Kier alpha value is -0.610. The lowest BCUT2D eigenvalue weighted by atomic mass is 9.82. The molecule has 3 fully saturated rings. The number of likely N-dealkylation sites (tertiary alicyclic amines) is 2. The van der Waals surface area contributed by atoms with Crippen molar-refractivity contribution in [1.82, 2.24) is 15.1 Å². The molecule has 2 aliphatic heterocycles. The van der Waals surface area contributed by atoms with Gasteiger partial charge in [0.2, 0.25) is 5.91 Å². The SMILES string of the molecule is CC(=O)NC1CN(C)C2(CCN(C3CCCCC3)CC2)C1. The zero-order valence-electron chi connectivity index (χ0n) is 13.7. The normalized spacial score (nSPS) is 31.6. The van der Waals surface area contributed by atoms with Crippen LogP contribution >= 0.6 is 0 Å². The second-order valence-electron chi connectivity index (χ2n) is 7.53. The summed E-state index contributed by atoms with van der Waals surface area (Å²) in [4.78, 5) is 16.6. The first kappa shape index (κ1) is 15.3.